The monoisotopic (exact) mass is 450 g/mol. The lowest BCUT2D eigenvalue weighted by molar-refractivity contribution is 0.310. The van der Waals surface area contributed by atoms with Gasteiger partial charge in [-0.1, -0.05) is 17.7 Å². The third kappa shape index (κ3) is 4.60. The van der Waals surface area contributed by atoms with Gasteiger partial charge in [-0.15, -0.1) is 0 Å². The van der Waals surface area contributed by atoms with Crippen molar-refractivity contribution in [3.05, 3.63) is 52.4 Å². The van der Waals surface area contributed by atoms with Gasteiger partial charge in [0.1, 0.15) is 11.7 Å². The summed E-state index contributed by atoms with van der Waals surface area (Å²) in [5, 5.41) is 12.5. The normalized spacial score (nSPS) is 18.1. The highest BCUT2D eigenvalue weighted by molar-refractivity contribution is 6.05. The molecule has 2 N–H and O–H groups in total. The first kappa shape index (κ1) is 21.5. The highest BCUT2D eigenvalue weighted by atomic mass is 19.1. The van der Waals surface area contributed by atoms with Crippen LogP contribution in [0.5, 0.6) is 11.6 Å². The number of nitrogens with one attached hydrogen (secondary N) is 1. The van der Waals surface area contributed by atoms with Crippen LogP contribution < -0.4 is 15.0 Å². The number of hydrogen-bond donors (Lipinski definition) is 2. The van der Waals surface area contributed by atoms with Gasteiger partial charge in [0.2, 0.25) is 11.8 Å². The lowest BCUT2D eigenvalue weighted by Gasteiger charge is -2.32. The lowest BCUT2D eigenvalue weighted by atomic mass is 10.1. The lowest BCUT2D eigenvalue weighted by Crippen LogP contribution is -2.45. The number of amidine groups is 1. The summed E-state index contributed by atoms with van der Waals surface area (Å²) in [6.07, 6.45) is 4.42. The Hall–Kier alpha value is -3.30. The van der Waals surface area contributed by atoms with Gasteiger partial charge in [-0.2, -0.15) is 9.97 Å². The molecule has 0 saturated carbocycles. The number of nitrogens with zero attached hydrogens (tertiary/aromatic N) is 5. The molecule has 3 aliphatic rings. The van der Waals surface area contributed by atoms with Crippen molar-refractivity contribution in [2.75, 3.05) is 56.6 Å². The summed E-state index contributed by atoms with van der Waals surface area (Å²) in [7, 11) is 2.08. The van der Waals surface area contributed by atoms with Crippen LogP contribution in [0.25, 0.3) is 6.08 Å². The molecule has 33 heavy (non-hydrogen) atoms. The number of aromatic nitrogens is 2. The van der Waals surface area contributed by atoms with Crippen molar-refractivity contribution in [3.63, 3.8) is 0 Å². The van der Waals surface area contributed by atoms with Gasteiger partial charge < -0.3 is 25.0 Å². The minimum absolute atomic E-state index is 0.0368. The zero-order chi connectivity index (χ0) is 22.9. The standard InChI is InChI=1S/C24H27FN6O2/c1-15-9-17-3-4-19(23(25)18(17)10-15)33-22-12-21(27-20-11-16(14-32)13-26-20)28-24(29-22)31-7-5-30(2)6-8-31/h3-4,10-12,32H,5-9,13-14H2,1-2H3,(H,26,27,28,29). The molecule has 2 aromatic rings. The van der Waals surface area contributed by atoms with E-state index in [0.717, 1.165) is 49.3 Å². The molecule has 1 saturated heterocycles. The fourth-order valence-corrected chi connectivity index (χ4v) is 4.16. The number of likely N-dealkylation sites (N-methyl/N-ethyl adjacent to an activating group) is 1. The molecule has 0 bridgehead atoms. The first-order valence-electron chi connectivity index (χ1n) is 11.1. The molecule has 0 radical (unpaired) electrons. The summed E-state index contributed by atoms with van der Waals surface area (Å²) in [4.78, 5) is 18.0. The maximum absolute atomic E-state index is 15.1. The molecule has 1 aromatic heterocycles. The number of anilines is 2. The maximum Gasteiger partial charge on any atom is 0.230 e. The number of halogens is 1. The van der Waals surface area contributed by atoms with Gasteiger partial charge in [0.05, 0.1) is 13.2 Å². The first-order chi connectivity index (χ1) is 16.0. The van der Waals surface area contributed by atoms with E-state index in [1.807, 2.05) is 19.1 Å². The first-order valence-corrected chi connectivity index (χ1v) is 11.1. The molecule has 0 unspecified atom stereocenters. The fourth-order valence-electron chi connectivity index (χ4n) is 4.16. The SMILES string of the molecule is CC1=Cc2c(ccc(Oc3cc(NC4=NCC(CO)=C4)nc(N4CCN(C)CC4)n3)c2F)C1. The number of allylic oxidation sites excluding steroid dienone is 1. The highest BCUT2D eigenvalue weighted by Crippen LogP contribution is 2.34. The van der Waals surface area contributed by atoms with Gasteiger partial charge in [0.15, 0.2) is 11.6 Å². The van der Waals surface area contributed by atoms with Gasteiger partial charge in [-0.05, 0) is 43.7 Å². The van der Waals surface area contributed by atoms with E-state index in [1.165, 1.54) is 0 Å². The van der Waals surface area contributed by atoms with Crippen molar-refractivity contribution in [1.29, 1.82) is 0 Å². The predicted molar refractivity (Wildman–Crippen MR) is 127 cm³/mol. The minimum Gasteiger partial charge on any atom is -0.436 e. The van der Waals surface area contributed by atoms with E-state index < -0.39 is 0 Å². The molecule has 2 aliphatic heterocycles. The summed E-state index contributed by atoms with van der Waals surface area (Å²) in [5.74, 6) is 1.63. The van der Waals surface area contributed by atoms with Crippen molar-refractivity contribution in [2.24, 2.45) is 4.99 Å². The van der Waals surface area contributed by atoms with Crippen LogP contribution >= 0.6 is 0 Å². The Morgan fingerprint density at radius 3 is 2.73 bits per heavy atom. The maximum atomic E-state index is 15.1. The molecule has 1 aromatic carbocycles. The average molecular weight is 451 g/mol. The average Bonchev–Trinajstić information content (AvgIpc) is 3.42. The number of hydrogen-bond acceptors (Lipinski definition) is 8. The number of aliphatic hydroxyl groups excluding tert-OH is 1. The Balaban J connectivity index is 1.45. The van der Waals surface area contributed by atoms with Crippen molar-refractivity contribution in [3.8, 4) is 11.6 Å². The topological polar surface area (TPSA) is 86.1 Å². The molecule has 3 heterocycles. The summed E-state index contributed by atoms with van der Waals surface area (Å²) in [6.45, 7) is 5.78. The van der Waals surface area contributed by atoms with Gasteiger partial charge in [0, 0.05) is 37.8 Å². The van der Waals surface area contributed by atoms with Crippen molar-refractivity contribution in [2.45, 2.75) is 13.3 Å². The molecule has 1 aliphatic carbocycles. The Morgan fingerprint density at radius 1 is 1.15 bits per heavy atom. The smallest absolute Gasteiger partial charge is 0.230 e. The van der Waals surface area contributed by atoms with Crippen LogP contribution in [-0.4, -0.2) is 72.2 Å². The molecule has 9 heteroatoms. The van der Waals surface area contributed by atoms with Crippen LogP contribution in [0.3, 0.4) is 0 Å². The molecule has 172 valence electrons. The van der Waals surface area contributed by atoms with Crippen molar-refractivity contribution >= 4 is 23.7 Å². The van der Waals surface area contributed by atoms with Crippen LogP contribution in [0.2, 0.25) is 0 Å². The largest absolute Gasteiger partial charge is 0.436 e. The molecular weight excluding hydrogens is 423 g/mol. The quantitative estimate of drug-likeness (QED) is 0.725. The number of benzene rings is 1. The van der Waals surface area contributed by atoms with E-state index in [0.29, 0.717) is 29.7 Å². The minimum atomic E-state index is -0.380. The zero-order valence-electron chi connectivity index (χ0n) is 18.8. The Labute approximate surface area is 192 Å². The van der Waals surface area contributed by atoms with Gasteiger partial charge in [-0.25, -0.2) is 4.39 Å². The number of ether oxygens (including phenoxy) is 1. The zero-order valence-corrected chi connectivity index (χ0v) is 18.8. The Bertz CT molecular complexity index is 1170. The highest BCUT2D eigenvalue weighted by Gasteiger charge is 2.22. The van der Waals surface area contributed by atoms with E-state index in [-0.39, 0.29) is 24.1 Å². The molecule has 0 amide bonds. The Kier molecular flexibility index (Phi) is 5.82. The summed E-state index contributed by atoms with van der Waals surface area (Å²) < 4.78 is 21.1. The van der Waals surface area contributed by atoms with Crippen molar-refractivity contribution in [1.82, 2.24) is 14.9 Å². The van der Waals surface area contributed by atoms with Crippen LogP contribution in [0.1, 0.15) is 18.1 Å². The molecule has 0 spiro atoms. The van der Waals surface area contributed by atoms with E-state index in [4.69, 9.17) is 4.74 Å². The second-order valence-electron chi connectivity index (χ2n) is 8.69. The number of aliphatic hydroxyl groups is 1. The van der Waals surface area contributed by atoms with E-state index in [1.54, 1.807) is 18.2 Å². The van der Waals surface area contributed by atoms with E-state index >= 15 is 4.39 Å². The molecular formula is C24H27FN6O2. The van der Waals surface area contributed by atoms with Crippen LogP contribution in [0, 0.1) is 5.82 Å². The number of rotatable bonds is 5. The molecule has 1 fully saturated rings. The second-order valence-corrected chi connectivity index (χ2v) is 8.69. The third-order valence-corrected chi connectivity index (χ3v) is 6.04. The predicted octanol–water partition coefficient (Wildman–Crippen LogP) is 2.86. The van der Waals surface area contributed by atoms with E-state index in [9.17, 15) is 5.11 Å². The van der Waals surface area contributed by atoms with E-state index in [2.05, 4.69) is 37.1 Å². The second kappa shape index (κ2) is 8.92. The molecule has 8 nitrogen and oxygen atoms in total. The van der Waals surface area contributed by atoms with Gasteiger partial charge in [0.25, 0.3) is 0 Å². The van der Waals surface area contributed by atoms with Crippen LogP contribution in [0.4, 0.5) is 16.2 Å². The summed E-state index contributed by atoms with van der Waals surface area (Å²) in [6, 6.07) is 5.19. The number of aliphatic imine (C=N–C) groups is 1. The summed E-state index contributed by atoms with van der Waals surface area (Å²) >= 11 is 0. The van der Waals surface area contributed by atoms with Gasteiger partial charge in [-0.3, -0.25) is 4.99 Å². The molecule has 5 rings (SSSR count). The summed E-state index contributed by atoms with van der Waals surface area (Å²) in [5.41, 5.74) is 3.50. The van der Waals surface area contributed by atoms with Crippen LogP contribution in [-0.2, 0) is 6.42 Å². The van der Waals surface area contributed by atoms with Gasteiger partial charge >= 0.3 is 0 Å². The Morgan fingerprint density at radius 2 is 1.97 bits per heavy atom. The number of fused-ring (bicyclic) bond motifs is 1. The third-order valence-electron chi connectivity index (χ3n) is 6.04. The molecule has 0 atom stereocenters. The van der Waals surface area contributed by atoms with Crippen molar-refractivity contribution < 1.29 is 14.2 Å². The van der Waals surface area contributed by atoms with Crippen LogP contribution in [0.15, 0.2) is 40.4 Å². The number of piperazine rings is 1. The fraction of sp³-hybridized carbons (Fsp3) is 0.375.